The Balaban J connectivity index is 4.29. The normalized spacial score (nSPS) is 12.8. The van der Waals surface area contributed by atoms with Gasteiger partial charge in [-0.25, -0.2) is 14.4 Å². The summed E-state index contributed by atoms with van der Waals surface area (Å²) >= 11 is 0. The van der Waals surface area contributed by atoms with E-state index in [0.717, 1.165) is 0 Å². The molecule has 1 amide bonds. The summed E-state index contributed by atoms with van der Waals surface area (Å²) in [4.78, 5) is 33.6. The van der Waals surface area contributed by atoms with E-state index in [1.165, 1.54) is 12.2 Å². The quantitative estimate of drug-likeness (QED) is 0.549. The van der Waals surface area contributed by atoms with Gasteiger partial charge in [0.05, 0.1) is 6.61 Å². The van der Waals surface area contributed by atoms with Gasteiger partial charge in [0.15, 0.2) is 0 Å². The molecule has 7 nitrogen and oxygen atoms in total. The van der Waals surface area contributed by atoms with Crippen molar-refractivity contribution in [1.29, 1.82) is 0 Å². The predicted octanol–water partition coefficient (Wildman–Crippen LogP) is 1.86. The molecule has 0 saturated heterocycles. The highest BCUT2D eigenvalue weighted by Gasteiger charge is 2.23. The number of aliphatic carboxylic acids is 1. The van der Waals surface area contributed by atoms with Gasteiger partial charge in [-0.05, 0) is 40.5 Å². The average molecular weight is 301 g/mol. The predicted molar refractivity (Wildman–Crippen MR) is 75.8 cm³/mol. The van der Waals surface area contributed by atoms with Crippen LogP contribution in [0.2, 0.25) is 0 Å². The van der Waals surface area contributed by atoms with Crippen molar-refractivity contribution in [3.05, 3.63) is 12.2 Å². The molecule has 7 heteroatoms. The summed E-state index contributed by atoms with van der Waals surface area (Å²) in [5.41, 5.74) is -0.697. The number of alkyl carbamates (subject to hydrolysis) is 1. The second-order valence-electron chi connectivity index (χ2n) is 5.27. The Morgan fingerprint density at radius 1 is 1.29 bits per heavy atom. The smallest absolute Gasteiger partial charge is 0.408 e. The molecule has 2 N–H and O–H groups in total. The third-order valence-corrected chi connectivity index (χ3v) is 2.15. The summed E-state index contributed by atoms with van der Waals surface area (Å²) in [6.07, 6.45) is 2.40. The number of hydrogen-bond donors (Lipinski definition) is 2. The van der Waals surface area contributed by atoms with Crippen LogP contribution < -0.4 is 5.32 Å². The fourth-order valence-corrected chi connectivity index (χ4v) is 1.34. The molecule has 0 bridgehead atoms. The van der Waals surface area contributed by atoms with Gasteiger partial charge >= 0.3 is 18.0 Å². The van der Waals surface area contributed by atoms with Crippen LogP contribution in [0, 0.1) is 0 Å². The van der Waals surface area contributed by atoms with Crippen LogP contribution in [-0.4, -0.2) is 41.4 Å². The zero-order valence-corrected chi connectivity index (χ0v) is 12.8. The number of amides is 1. The standard InChI is InChI=1S/C14H23NO6/c1-5-20-11(16)9-7-6-8-10(12(17)18)15-13(19)21-14(2,3)4/h7,9-10H,5-6,8H2,1-4H3,(H,15,19)(H,17,18). The number of rotatable bonds is 7. The summed E-state index contributed by atoms with van der Waals surface area (Å²) < 4.78 is 9.67. The van der Waals surface area contributed by atoms with Crippen LogP contribution in [0.25, 0.3) is 0 Å². The number of hydrogen-bond acceptors (Lipinski definition) is 5. The lowest BCUT2D eigenvalue weighted by molar-refractivity contribution is -0.139. The number of carboxylic acid groups (broad SMARTS) is 1. The van der Waals surface area contributed by atoms with Gasteiger partial charge in [-0.1, -0.05) is 6.08 Å². The largest absolute Gasteiger partial charge is 0.480 e. The number of esters is 1. The van der Waals surface area contributed by atoms with Gasteiger partial charge in [0.25, 0.3) is 0 Å². The minimum absolute atomic E-state index is 0.143. The monoisotopic (exact) mass is 301 g/mol. The first-order valence-electron chi connectivity index (χ1n) is 6.71. The first-order valence-corrected chi connectivity index (χ1v) is 6.71. The average Bonchev–Trinajstić information content (AvgIpc) is 2.30. The number of ether oxygens (including phenoxy) is 2. The molecule has 0 aliphatic carbocycles. The SMILES string of the molecule is CCOC(=O)C=CCCC(NC(=O)OC(C)(C)C)C(=O)O. The lowest BCUT2D eigenvalue weighted by atomic mass is 10.1. The number of carbonyl (C=O) groups is 3. The van der Waals surface area contributed by atoms with E-state index >= 15 is 0 Å². The molecule has 0 aromatic rings. The van der Waals surface area contributed by atoms with Gasteiger partial charge in [-0.2, -0.15) is 0 Å². The van der Waals surface area contributed by atoms with Crippen molar-refractivity contribution in [2.45, 2.75) is 52.2 Å². The fourth-order valence-electron chi connectivity index (χ4n) is 1.34. The highest BCUT2D eigenvalue weighted by atomic mass is 16.6. The van der Waals surface area contributed by atoms with Crippen LogP contribution >= 0.6 is 0 Å². The zero-order valence-electron chi connectivity index (χ0n) is 12.8. The minimum atomic E-state index is -1.16. The molecule has 0 saturated carbocycles. The number of nitrogens with one attached hydrogen (secondary N) is 1. The van der Waals surface area contributed by atoms with Gasteiger partial charge in [-0.3, -0.25) is 0 Å². The summed E-state index contributed by atoms with van der Waals surface area (Å²) in [6, 6.07) is -1.08. The van der Waals surface area contributed by atoms with Crippen molar-refractivity contribution in [2.75, 3.05) is 6.61 Å². The van der Waals surface area contributed by atoms with E-state index in [1.807, 2.05) is 0 Å². The van der Waals surface area contributed by atoms with Gasteiger partial charge in [-0.15, -0.1) is 0 Å². The molecule has 0 radical (unpaired) electrons. The molecular formula is C14H23NO6. The van der Waals surface area contributed by atoms with Crippen LogP contribution in [-0.2, 0) is 19.1 Å². The fraction of sp³-hybridized carbons (Fsp3) is 0.643. The minimum Gasteiger partial charge on any atom is -0.480 e. The molecule has 0 aliphatic heterocycles. The Morgan fingerprint density at radius 3 is 2.38 bits per heavy atom. The second kappa shape index (κ2) is 8.99. The molecule has 0 fully saturated rings. The highest BCUT2D eigenvalue weighted by molar-refractivity contribution is 5.82. The van der Waals surface area contributed by atoms with Crippen LogP contribution in [0.4, 0.5) is 4.79 Å². The van der Waals surface area contributed by atoms with Gasteiger partial charge in [0.1, 0.15) is 11.6 Å². The molecule has 1 atom stereocenters. The van der Waals surface area contributed by atoms with E-state index in [1.54, 1.807) is 27.7 Å². The molecule has 21 heavy (non-hydrogen) atoms. The number of carbonyl (C=O) groups excluding carboxylic acids is 2. The molecule has 0 rings (SSSR count). The second-order valence-corrected chi connectivity index (χ2v) is 5.27. The summed E-state index contributed by atoms with van der Waals surface area (Å²) in [5.74, 6) is -1.64. The third-order valence-electron chi connectivity index (χ3n) is 2.15. The molecule has 0 heterocycles. The van der Waals surface area contributed by atoms with Gasteiger partial charge < -0.3 is 19.9 Å². The summed E-state index contributed by atoms with van der Waals surface area (Å²) in [6.45, 7) is 7.03. The van der Waals surface area contributed by atoms with Crippen molar-refractivity contribution in [3.8, 4) is 0 Å². The van der Waals surface area contributed by atoms with Crippen molar-refractivity contribution < 1.29 is 29.0 Å². The number of allylic oxidation sites excluding steroid dienone is 1. The lowest BCUT2D eigenvalue weighted by Crippen LogP contribution is -2.43. The molecule has 0 aromatic heterocycles. The molecule has 1 unspecified atom stereocenters. The van der Waals surface area contributed by atoms with Crippen molar-refractivity contribution in [3.63, 3.8) is 0 Å². The van der Waals surface area contributed by atoms with Crippen LogP contribution in [0.5, 0.6) is 0 Å². The molecule has 0 spiro atoms. The van der Waals surface area contributed by atoms with Gasteiger partial charge in [0, 0.05) is 6.08 Å². The summed E-state index contributed by atoms with van der Waals surface area (Å²) in [7, 11) is 0. The molecular weight excluding hydrogens is 278 g/mol. The Kier molecular flexibility index (Phi) is 8.11. The Bertz CT molecular complexity index is 397. The van der Waals surface area contributed by atoms with E-state index in [0.29, 0.717) is 6.42 Å². The Labute approximate surface area is 124 Å². The lowest BCUT2D eigenvalue weighted by Gasteiger charge is -2.21. The topological polar surface area (TPSA) is 102 Å². The number of carboxylic acids is 1. The summed E-state index contributed by atoms with van der Waals surface area (Å²) in [5, 5.41) is 11.3. The zero-order chi connectivity index (χ0) is 16.5. The molecule has 120 valence electrons. The maximum Gasteiger partial charge on any atom is 0.408 e. The maximum atomic E-state index is 11.5. The van der Waals surface area contributed by atoms with Crippen LogP contribution in [0.15, 0.2) is 12.2 Å². The first-order chi connectivity index (χ1) is 9.65. The molecule has 0 aromatic carbocycles. The van der Waals surface area contributed by atoms with E-state index in [9.17, 15) is 14.4 Å². The highest BCUT2D eigenvalue weighted by Crippen LogP contribution is 2.08. The Hall–Kier alpha value is -2.05. The van der Waals surface area contributed by atoms with E-state index in [2.05, 4.69) is 10.1 Å². The van der Waals surface area contributed by atoms with Gasteiger partial charge in [0.2, 0.25) is 0 Å². The van der Waals surface area contributed by atoms with E-state index in [4.69, 9.17) is 9.84 Å². The van der Waals surface area contributed by atoms with Crippen LogP contribution in [0.1, 0.15) is 40.5 Å². The first kappa shape index (κ1) is 18.9. The molecule has 0 aliphatic rings. The van der Waals surface area contributed by atoms with Crippen LogP contribution in [0.3, 0.4) is 0 Å². The van der Waals surface area contributed by atoms with Crippen molar-refractivity contribution in [1.82, 2.24) is 5.32 Å². The van der Waals surface area contributed by atoms with E-state index in [-0.39, 0.29) is 13.0 Å². The third kappa shape index (κ3) is 10.4. The van der Waals surface area contributed by atoms with Crippen molar-refractivity contribution in [2.24, 2.45) is 0 Å². The van der Waals surface area contributed by atoms with Crippen molar-refractivity contribution >= 4 is 18.0 Å². The Morgan fingerprint density at radius 2 is 1.90 bits per heavy atom. The maximum absolute atomic E-state index is 11.5. The van der Waals surface area contributed by atoms with E-state index < -0.39 is 29.7 Å².